The monoisotopic (exact) mass is 322 g/mol. The molecule has 1 aliphatic rings. The van der Waals surface area contributed by atoms with E-state index < -0.39 is 0 Å². The molecule has 0 heterocycles. The third kappa shape index (κ3) is 1.35. The Morgan fingerprint density at radius 2 is 1.91 bits per heavy atom. The van der Waals surface area contributed by atoms with Crippen molar-refractivity contribution in [2.45, 2.75) is 19.3 Å². The zero-order chi connectivity index (χ0) is 7.84. The molecule has 1 aromatic rings. The normalized spacial score (nSPS) is 15.1. The molecule has 0 saturated carbocycles. The van der Waals surface area contributed by atoms with E-state index in [1.54, 1.807) is 5.56 Å². The van der Waals surface area contributed by atoms with E-state index in [-0.39, 0.29) is 0 Å². The van der Waals surface area contributed by atoms with Gasteiger partial charge in [0.2, 0.25) is 0 Å². The van der Waals surface area contributed by atoms with Gasteiger partial charge in [-0.2, -0.15) is 0 Å². The van der Waals surface area contributed by atoms with Gasteiger partial charge in [-0.25, -0.2) is 0 Å². The van der Waals surface area contributed by atoms with Crippen molar-refractivity contribution in [3.63, 3.8) is 0 Å². The lowest BCUT2D eigenvalue weighted by molar-refractivity contribution is 0.909. The van der Waals surface area contributed by atoms with Crippen LogP contribution >= 0.6 is 38.5 Å². The van der Waals surface area contributed by atoms with Crippen molar-refractivity contribution in [3.8, 4) is 0 Å². The number of hydrogen-bond acceptors (Lipinski definition) is 0. The molecule has 0 bridgehead atoms. The number of hydrogen-bond donors (Lipinski definition) is 0. The van der Waals surface area contributed by atoms with E-state index in [4.69, 9.17) is 0 Å². The Bertz CT molecular complexity index is 265. The molecule has 0 atom stereocenters. The summed E-state index contributed by atoms with van der Waals surface area (Å²) < 4.78 is 2.73. The van der Waals surface area contributed by atoms with Gasteiger partial charge in [0.1, 0.15) is 0 Å². The van der Waals surface area contributed by atoms with Gasteiger partial charge in [-0.05, 0) is 65.1 Å². The Labute approximate surface area is 88.6 Å². The topological polar surface area (TPSA) is 0 Å². The highest BCUT2D eigenvalue weighted by atomic mass is 127. The van der Waals surface area contributed by atoms with Gasteiger partial charge >= 0.3 is 0 Å². The van der Waals surface area contributed by atoms with Crippen LogP contribution in [-0.2, 0) is 12.8 Å². The molecule has 1 aliphatic carbocycles. The van der Waals surface area contributed by atoms with Gasteiger partial charge in [0.25, 0.3) is 0 Å². The van der Waals surface area contributed by atoms with Gasteiger partial charge in [0.05, 0.1) is 0 Å². The molecule has 0 unspecified atom stereocenters. The highest BCUT2D eigenvalue weighted by molar-refractivity contribution is 14.1. The van der Waals surface area contributed by atoms with E-state index in [0.717, 1.165) is 0 Å². The molecular formula is C9H8BrI. The minimum absolute atomic E-state index is 1.26. The molecule has 2 rings (SSSR count). The summed E-state index contributed by atoms with van der Waals surface area (Å²) in [5.74, 6) is 0. The van der Waals surface area contributed by atoms with Crippen LogP contribution < -0.4 is 0 Å². The van der Waals surface area contributed by atoms with Gasteiger partial charge < -0.3 is 0 Å². The molecule has 0 aromatic heterocycles. The van der Waals surface area contributed by atoms with Crippen LogP contribution in [0.2, 0.25) is 0 Å². The molecule has 0 radical (unpaired) electrons. The van der Waals surface area contributed by atoms with Crippen molar-refractivity contribution >= 4 is 38.5 Å². The molecule has 0 fully saturated rings. The third-order valence-corrected chi connectivity index (χ3v) is 3.92. The minimum atomic E-state index is 1.26. The quantitative estimate of drug-likeness (QED) is 0.641. The van der Waals surface area contributed by atoms with Crippen LogP contribution in [0.1, 0.15) is 17.5 Å². The van der Waals surface area contributed by atoms with Gasteiger partial charge in [0.15, 0.2) is 0 Å². The zero-order valence-electron chi connectivity index (χ0n) is 6.03. The maximum atomic E-state index is 3.58. The van der Waals surface area contributed by atoms with E-state index >= 15 is 0 Å². The second-order valence-electron chi connectivity index (χ2n) is 2.84. The minimum Gasteiger partial charge on any atom is -0.0505 e. The highest BCUT2D eigenvalue weighted by Gasteiger charge is 2.15. The number of halogens is 2. The summed E-state index contributed by atoms with van der Waals surface area (Å²) in [6.45, 7) is 0. The lowest BCUT2D eigenvalue weighted by Gasteiger charge is -2.03. The first-order chi connectivity index (χ1) is 5.29. The Morgan fingerprint density at radius 3 is 2.64 bits per heavy atom. The Hall–Kier alpha value is 0.430. The summed E-state index contributed by atoms with van der Waals surface area (Å²) >= 11 is 6.00. The van der Waals surface area contributed by atoms with Crippen molar-refractivity contribution in [2.75, 3.05) is 0 Å². The average molecular weight is 323 g/mol. The lowest BCUT2D eigenvalue weighted by Crippen LogP contribution is -1.87. The Kier molecular flexibility index (Phi) is 2.23. The van der Waals surface area contributed by atoms with Gasteiger partial charge in [-0.1, -0.05) is 15.9 Å². The molecule has 1 aromatic carbocycles. The summed E-state index contributed by atoms with van der Waals surface area (Å²) in [6.07, 6.45) is 3.85. The van der Waals surface area contributed by atoms with E-state index in [1.165, 1.54) is 32.9 Å². The molecule has 0 nitrogen and oxygen atoms in total. The van der Waals surface area contributed by atoms with Crippen LogP contribution in [0.25, 0.3) is 0 Å². The van der Waals surface area contributed by atoms with E-state index in [0.29, 0.717) is 0 Å². The highest BCUT2D eigenvalue weighted by Crippen LogP contribution is 2.32. The molecule has 0 amide bonds. The first kappa shape index (κ1) is 8.05. The van der Waals surface area contributed by atoms with Gasteiger partial charge in [-0.15, -0.1) is 0 Å². The summed E-state index contributed by atoms with van der Waals surface area (Å²) in [4.78, 5) is 0. The smallest absolute Gasteiger partial charge is 0.0210 e. The number of rotatable bonds is 0. The third-order valence-electron chi connectivity index (χ3n) is 2.17. The fraction of sp³-hybridized carbons (Fsp3) is 0.333. The van der Waals surface area contributed by atoms with E-state index in [9.17, 15) is 0 Å². The fourth-order valence-electron chi connectivity index (χ4n) is 1.62. The molecule has 11 heavy (non-hydrogen) atoms. The predicted molar refractivity (Wildman–Crippen MR) is 58.9 cm³/mol. The zero-order valence-corrected chi connectivity index (χ0v) is 9.78. The lowest BCUT2D eigenvalue weighted by atomic mass is 10.1. The molecular weight excluding hydrogens is 315 g/mol. The van der Waals surface area contributed by atoms with Crippen LogP contribution in [0.15, 0.2) is 16.6 Å². The number of benzene rings is 1. The average Bonchev–Trinajstić information content (AvgIpc) is 2.45. The summed E-state index contributed by atoms with van der Waals surface area (Å²) in [7, 11) is 0. The van der Waals surface area contributed by atoms with Crippen molar-refractivity contribution in [2.24, 2.45) is 0 Å². The first-order valence-electron chi connectivity index (χ1n) is 3.75. The Morgan fingerprint density at radius 1 is 1.18 bits per heavy atom. The van der Waals surface area contributed by atoms with Crippen molar-refractivity contribution in [3.05, 3.63) is 31.3 Å². The van der Waals surface area contributed by atoms with Crippen molar-refractivity contribution in [1.29, 1.82) is 0 Å². The van der Waals surface area contributed by atoms with Crippen LogP contribution in [-0.4, -0.2) is 0 Å². The van der Waals surface area contributed by atoms with Crippen molar-refractivity contribution in [1.82, 2.24) is 0 Å². The maximum absolute atomic E-state index is 3.58. The molecule has 0 N–H and O–H groups in total. The maximum Gasteiger partial charge on any atom is 0.0210 e. The molecule has 0 aliphatic heterocycles. The summed E-state index contributed by atoms with van der Waals surface area (Å²) in [5, 5.41) is 0. The number of fused-ring (bicyclic) bond motifs is 1. The Balaban J connectivity index is 2.64. The molecule has 0 spiro atoms. The molecule has 58 valence electrons. The van der Waals surface area contributed by atoms with Gasteiger partial charge in [0, 0.05) is 8.04 Å². The molecule has 0 saturated heterocycles. The summed E-state index contributed by atoms with van der Waals surface area (Å²) in [6, 6.07) is 4.35. The van der Waals surface area contributed by atoms with Crippen LogP contribution in [0, 0.1) is 3.57 Å². The standard InChI is InChI=1S/C9H8BrI/c10-8-4-5-9(11)7-3-1-2-6(7)8/h4-5H,1-3H2. The second-order valence-corrected chi connectivity index (χ2v) is 4.86. The largest absolute Gasteiger partial charge is 0.0505 e. The summed E-state index contributed by atoms with van der Waals surface area (Å²) in [5.41, 5.74) is 3.11. The van der Waals surface area contributed by atoms with Crippen LogP contribution in [0.3, 0.4) is 0 Å². The fourth-order valence-corrected chi connectivity index (χ4v) is 2.96. The SMILES string of the molecule is Brc1ccc(I)c2c1CCC2. The van der Waals surface area contributed by atoms with E-state index in [2.05, 4.69) is 50.7 Å². The van der Waals surface area contributed by atoms with E-state index in [1.807, 2.05) is 0 Å². The van der Waals surface area contributed by atoms with Crippen molar-refractivity contribution < 1.29 is 0 Å². The first-order valence-corrected chi connectivity index (χ1v) is 5.62. The predicted octanol–water partition coefficient (Wildman–Crippen LogP) is 3.54. The second kappa shape index (κ2) is 3.05. The van der Waals surface area contributed by atoms with Crippen LogP contribution in [0.5, 0.6) is 0 Å². The van der Waals surface area contributed by atoms with Gasteiger partial charge in [-0.3, -0.25) is 0 Å². The van der Waals surface area contributed by atoms with Crippen LogP contribution in [0.4, 0.5) is 0 Å². The molecule has 2 heteroatoms.